The highest BCUT2D eigenvalue weighted by Crippen LogP contribution is 2.58. The molecule has 228 valence electrons. The molecule has 0 unspecified atom stereocenters. The number of likely N-dealkylation sites (N-methyl/N-ethyl adjacent to an activating group) is 1. The molecule has 4 atom stereocenters. The van der Waals surface area contributed by atoms with Gasteiger partial charge < -0.3 is 19.4 Å². The molecule has 2 saturated heterocycles. The number of nitrogens with zero attached hydrogens (tertiary/aromatic N) is 6. The Balaban J connectivity index is 1.32. The minimum absolute atomic E-state index is 0.0312. The molecule has 0 bridgehead atoms. The number of aromatic nitrogens is 2. The van der Waals surface area contributed by atoms with Crippen molar-refractivity contribution < 1.29 is 22.7 Å². The van der Waals surface area contributed by atoms with Gasteiger partial charge in [0.2, 0.25) is 0 Å². The first-order chi connectivity index (χ1) is 21.2. The average molecular weight is 603 g/mol. The number of hydrogen-bond acceptors (Lipinski definition) is 7. The van der Waals surface area contributed by atoms with E-state index < -0.39 is 29.4 Å². The zero-order valence-corrected chi connectivity index (χ0v) is 24.5. The van der Waals surface area contributed by atoms with E-state index in [-0.39, 0.29) is 60.4 Å². The second-order valence-electron chi connectivity index (χ2n) is 12.4. The molecule has 1 amide bonds. The van der Waals surface area contributed by atoms with E-state index in [9.17, 15) is 14.4 Å². The van der Waals surface area contributed by atoms with E-state index in [2.05, 4.69) is 33.6 Å². The van der Waals surface area contributed by atoms with Gasteiger partial charge in [0.25, 0.3) is 5.91 Å². The van der Waals surface area contributed by atoms with Crippen LogP contribution in [0.15, 0.2) is 36.7 Å². The van der Waals surface area contributed by atoms with Gasteiger partial charge in [-0.3, -0.25) is 4.79 Å². The highest BCUT2D eigenvalue weighted by molar-refractivity contribution is 5.95. The summed E-state index contributed by atoms with van der Waals surface area (Å²) in [5.74, 6) is -2.23. The van der Waals surface area contributed by atoms with Crippen LogP contribution in [0.2, 0.25) is 0 Å². The van der Waals surface area contributed by atoms with Gasteiger partial charge in [0.05, 0.1) is 24.1 Å². The second-order valence-corrected chi connectivity index (χ2v) is 12.4. The van der Waals surface area contributed by atoms with E-state index in [1.165, 1.54) is 16.5 Å². The molecule has 1 aromatic heterocycles. The van der Waals surface area contributed by atoms with E-state index in [1.807, 2.05) is 13.1 Å². The summed E-state index contributed by atoms with van der Waals surface area (Å²) < 4.78 is 52.5. The minimum atomic E-state index is -1.11. The molecule has 0 radical (unpaired) electrons. The molecule has 3 fully saturated rings. The summed E-state index contributed by atoms with van der Waals surface area (Å²) in [7, 11) is 2.02. The van der Waals surface area contributed by atoms with Crippen molar-refractivity contribution in [2.75, 3.05) is 44.7 Å². The number of nitriles is 1. The van der Waals surface area contributed by atoms with Gasteiger partial charge in [-0.15, -0.1) is 0 Å². The molecule has 2 aliphatic carbocycles. The normalized spacial score (nSPS) is 24.2. The van der Waals surface area contributed by atoms with Crippen LogP contribution in [-0.2, 0) is 11.2 Å². The number of halogens is 3. The summed E-state index contributed by atoms with van der Waals surface area (Å²) in [6.07, 6.45) is 3.86. The number of rotatable bonds is 7. The summed E-state index contributed by atoms with van der Waals surface area (Å²) in [6, 6.07) is 8.46. The molecule has 4 aliphatic rings. The number of benzene rings is 2. The monoisotopic (exact) mass is 602 g/mol. The first-order valence-corrected chi connectivity index (χ1v) is 15.2. The molecule has 44 heavy (non-hydrogen) atoms. The number of carbonyl (C=O) groups is 1. The van der Waals surface area contributed by atoms with Gasteiger partial charge in [0.1, 0.15) is 23.8 Å². The second kappa shape index (κ2) is 11.1. The van der Waals surface area contributed by atoms with E-state index >= 15 is 8.78 Å². The van der Waals surface area contributed by atoms with Gasteiger partial charge in [0, 0.05) is 31.1 Å². The lowest BCUT2D eigenvalue weighted by Crippen LogP contribution is -2.55. The third kappa shape index (κ3) is 4.85. The number of piperazine rings is 1. The Morgan fingerprint density at radius 3 is 2.80 bits per heavy atom. The Hall–Kier alpha value is -4.17. The summed E-state index contributed by atoms with van der Waals surface area (Å²) >= 11 is 0. The maximum absolute atomic E-state index is 16.6. The summed E-state index contributed by atoms with van der Waals surface area (Å²) in [5, 5.41) is 9.61. The smallest absolute Gasteiger partial charge is 0.319 e. The highest BCUT2D eigenvalue weighted by atomic mass is 19.1. The van der Waals surface area contributed by atoms with Crippen LogP contribution >= 0.6 is 0 Å². The van der Waals surface area contributed by atoms with E-state index in [0.29, 0.717) is 24.0 Å². The van der Waals surface area contributed by atoms with Crippen LogP contribution in [-0.4, -0.2) is 77.6 Å². The molecular formula is C33H33F3N6O2. The Labute approximate surface area is 253 Å². The molecule has 8 nitrogen and oxygen atoms in total. The number of likely N-dealkylation sites (tertiary alicyclic amines) is 1. The lowest BCUT2D eigenvalue weighted by atomic mass is 9.93. The number of fused-ring (bicyclic) bond motifs is 4. The van der Waals surface area contributed by atoms with Gasteiger partial charge in [-0.2, -0.15) is 15.2 Å². The zero-order chi connectivity index (χ0) is 30.7. The highest BCUT2D eigenvalue weighted by Gasteiger charge is 2.46. The van der Waals surface area contributed by atoms with Crippen LogP contribution in [0.25, 0.3) is 22.0 Å². The SMILES string of the molecule is C=C(F)C(=O)N1CCN(c2nc(OC[C@@H]3CCCN3C)nc3c(F)c(-c4cccc5c4C[C@H]4C[C@@H]54)c(F)cc23)C[C@@H]1CC#N. The van der Waals surface area contributed by atoms with Crippen molar-refractivity contribution in [1.29, 1.82) is 5.26 Å². The van der Waals surface area contributed by atoms with E-state index in [0.717, 1.165) is 37.8 Å². The van der Waals surface area contributed by atoms with Crippen LogP contribution in [0.1, 0.15) is 42.7 Å². The fraction of sp³-hybridized carbons (Fsp3) is 0.455. The molecule has 2 aromatic carbocycles. The number of carbonyl (C=O) groups excluding carboxylic acids is 1. The zero-order valence-electron chi connectivity index (χ0n) is 24.5. The van der Waals surface area contributed by atoms with Crippen molar-refractivity contribution in [3.05, 3.63) is 59.4 Å². The Bertz CT molecular complexity index is 1720. The van der Waals surface area contributed by atoms with Gasteiger partial charge in [0.15, 0.2) is 11.6 Å². The average Bonchev–Trinajstić information content (AvgIpc) is 3.50. The van der Waals surface area contributed by atoms with Crippen molar-refractivity contribution in [2.24, 2.45) is 5.92 Å². The number of anilines is 1. The molecule has 1 saturated carbocycles. The van der Waals surface area contributed by atoms with Crippen LogP contribution in [0.3, 0.4) is 0 Å². The topological polar surface area (TPSA) is 85.6 Å². The maximum atomic E-state index is 16.6. The Morgan fingerprint density at radius 1 is 1.20 bits per heavy atom. The number of ether oxygens (including phenoxy) is 1. The van der Waals surface area contributed by atoms with Crippen molar-refractivity contribution in [1.82, 2.24) is 19.8 Å². The fourth-order valence-corrected chi connectivity index (χ4v) is 7.35. The first kappa shape index (κ1) is 28.6. The molecule has 2 aliphatic heterocycles. The van der Waals surface area contributed by atoms with Crippen molar-refractivity contribution in [2.45, 2.75) is 50.1 Å². The summed E-state index contributed by atoms with van der Waals surface area (Å²) in [6.45, 7) is 4.74. The van der Waals surface area contributed by atoms with Gasteiger partial charge in [-0.25, -0.2) is 13.2 Å². The van der Waals surface area contributed by atoms with E-state index in [1.54, 1.807) is 11.0 Å². The number of hydrogen-bond donors (Lipinski definition) is 0. The van der Waals surface area contributed by atoms with Gasteiger partial charge >= 0.3 is 6.01 Å². The lowest BCUT2D eigenvalue weighted by molar-refractivity contribution is -0.131. The van der Waals surface area contributed by atoms with Crippen LogP contribution < -0.4 is 9.64 Å². The van der Waals surface area contributed by atoms with Crippen molar-refractivity contribution >= 4 is 22.6 Å². The summed E-state index contributed by atoms with van der Waals surface area (Å²) in [5.41, 5.74) is 2.55. The largest absolute Gasteiger partial charge is 0.462 e. The molecule has 0 N–H and O–H groups in total. The molecule has 11 heteroatoms. The van der Waals surface area contributed by atoms with Gasteiger partial charge in [-0.05, 0) is 73.9 Å². The first-order valence-electron chi connectivity index (χ1n) is 15.2. The summed E-state index contributed by atoms with van der Waals surface area (Å²) in [4.78, 5) is 26.8. The predicted molar refractivity (Wildman–Crippen MR) is 159 cm³/mol. The Kier molecular flexibility index (Phi) is 7.20. The quantitative estimate of drug-likeness (QED) is 0.347. The molecule has 0 spiro atoms. The van der Waals surface area contributed by atoms with Crippen LogP contribution in [0.5, 0.6) is 6.01 Å². The number of amides is 1. The van der Waals surface area contributed by atoms with Crippen LogP contribution in [0, 0.1) is 28.9 Å². The molecule has 7 rings (SSSR count). The predicted octanol–water partition coefficient (Wildman–Crippen LogP) is 5.12. The third-order valence-electron chi connectivity index (χ3n) is 9.79. The maximum Gasteiger partial charge on any atom is 0.319 e. The van der Waals surface area contributed by atoms with E-state index in [4.69, 9.17) is 4.74 Å². The van der Waals surface area contributed by atoms with Gasteiger partial charge in [-0.1, -0.05) is 24.8 Å². The molecule has 3 heterocycles. The third-order valence-corrected chi connectivity index (χ3v) is 9.79. The minimum Gasteiger partial charge on any atom is -0.462 e. The standard InChI is InChI=1S/C33H33F3N6O2/c1-18(34)32(43)42-12-11-41(16-20(42)8-9-37)31-26-15-27(35)28(23-7-3-6-22-24-13-19(24)14-25(22)23)29(36)30(26)38-33(39-31)44-17-21-5-4-10-40(21)2/h3,6-7,15,19-21,24H,1,4-5,8,10-14,16-17H2,2H3/t19-,20+,21+,24-/m1/s1. The molecular weight excluding hydrogens is 569 g/mol. The fourth-order valence-electron chi connectivity index (χ4n) is 7.35. The molecule has 3 aromatic rings. The van der Waals surface area contributed by atoms with Crippen LogP contribution in [0.4, 0.5) is 19.0 Å². The lowest BCUT2D eigenvalue weighted by Gasteiger charge is -2.41. The Morgan fingerprint density at radius 2 is 2.05 bits per heavy atom. The van der Waals surface area contributed by atoms with Crippen molar-refractivity contribution in [3.63, 3.8) is 0 Å². The van der Waals surface area contributed by atoms with Crippen molar-refractivity contribution in [3.8, 4) is 23.2 Å².